The van der Waals surface area contributed by atoms with Crippen molar-refractivity contribution in [1.29, 1.82) is 0 Å². The van der Waals surface area contributed by atoms with E-state index in [-0.39, 0.29) is 31.5 Å². The minimum absolute atomic E-state index is 0. The van der Waals surface area contributed by atoms with E-state index in [0.717, 1.165) is 34.4 Å². The normalized spacial score (nSPS) is 15.4. The largest absolute Gasteiger partial charge is 0.497 e. The number of hydrogen-bond acceptors (Lipinski definition) is 5. The monoisotopic (exact) mass is 529 g/mol. The van der Waals surface area contributed by atoms with Gasteiger partial charge in [0.1, 0.15) is 5.75 Å². The van der Waals surface area contributed by atoms with Crippen LogP contribution in [0.1, 0.15) is 36.2 Å². The molecule has 7 nitrogen and oxygen atoms in total. The van der Waals surface area contributed by atoms with Crippen LogP contribution in [0, 0.1) is 6.92 Å². The third-order valence-corrected chi connectivity index (χ3v) is 6.83. The molecule has 1 fully saturated rings. The summed E-state index contributed by atoms with van der Waals surface area (Å²) in [5, 5.41) is 1.42. The molecule has 1 aromatic heterocycles. The fourth-order valence-corrected chi connectivity index (χ4v) is 4.60. The van der Waals surface area contributed by atoms with Gasteiger partial charge in [0.2, 0.25) is 0 Å². The summed E-state index contributed by atoms with van der Waals surface area (Å²) in [5.74, 6) is 0.670. The summed E-state index contributed by atoms with van der Waals surface area (Å²) >= 11 is 6.71. The van der Waals surface area contributed by atoms with Gasteiger partial charge in [0.05, 0.1) is 29.9 Å². The van der Waals surface area contributed by atoms with E-state index in [2.05, 4.69) is 0 Å². The van der Waals surface area contributed by atoms with E-state index in [9.17, 15) is 9.59 Å². The highest BCUT2D eigenvalue weighted by Gasteiger charge is 2.31. The van der Waals surface area contributed by atoms with E-state index in [4.69, 9.17) is 26.1 Å². The molecule has 9 heteroatoms. The van der Waals surface area contributed by atoms with Crippen molar-refractivity contribution >= 4 is 48.0 Å². The number of pyridine rings is 1. The molecule has 3 aromatic rings. The maximum absolute atomic E-state index is 13.3. The predicted octanol–water partition coefficient (Wildman–Crippen LogP) is 5.68. The van der Waals surface area contributed by atoms with Gasteiger partial charge in [-0.25, -0.2) is 9.78 Å². The predicted molar refractivity (Wildman–Crippen MR) is 148 cm³/mol. The second kappa shape index (κ2) is 11.8. The van der Waals surface area contributed by atoms with Crippen LogP contribution in [0.15, 0.2) is 42.5 Å². The first-order valence-corrected chi connectivity index (χ1v) is 12.2. The Bertz CT molecular complexity index is 1250. The van der Waals surface area contributed by atoms with Crippen LogP contribution in [0.2, 0.25) is 5.02 Å². The Morgan fingerprint density at radius 2 is 1.86 bits per heavy atom. The van der Waals surface area contributed by atoms with Gasteiger partial charge in [-0.2, -0.15) is 13.5 Å². The summed E-state index contributed by atoms with van der Waals surface area (Å²) in [6, 6.07) is 13.0. The number of fused-ring (bicyclic) bond motifs is 1. The molecule has 0 spiro atoms. The lowest BCUT2D eigenvalue weighted by Crippen LogP contribution is -2.55. The standard InChI is InChI=1S/C27H30ClN3O4.H2S/c1-5-14-35-27(33)31-13-12-30(16-17(31)2)26(32)20-8-11-22-23(15-20)29-25(18(3)24(22)28)19-6-9-21(34-4)10-7-19;/h6-11,15,17H,5,12-14,16H2,1-4H3;1H2/t17-;/m0./s1. The van der Waals surface area contributed by atoms with Crippen LogP contribution >= 0.6 is 25.1 Å². The molecule has 4 rings (SSSR count). The smallest absolute Gasteiger partial charge is 0.410 e. The molecule has 2 amide bonds. The van der Waals surface area contributed by atoms with Crippen LogP contribution < -0.4 is 4.74 Å². The number of ether oxygens (including phenoxy) is 2. The summed E-state index contributed by atoms with van der Waals surface area (Å²) < 4.78 is 10.5. The first-order valence-electron chi connectivity index (χ1n) is 11.8. The number of nitrogens with zero attached hydrogens (tertiary/aromatic N) is 3. The Labute approximate surface area is 223 Å². The molecule has 1 atom stereocenters. The van der Waals surface area contributed by atoms with Gasteiger partial charge in [-0.05, 0) is 62.2 Å². The number of methoxy groups -OCH3 is 1. The Balaban J connectivity index is 0.00000361. The molecule has 36 heavy (non-hydrogen) atoms. The van der Waals surface area contributed by atoms with E-state index in [1.807, 2.05) is 51.1 Å². The Kier molecular flexibility index (Phi) is 9.08. The molecule has 2 aromatic carbocycles. The number of halogens is 1. The molecule has 0 bridgehead atoms. The number of piperazine rings is 1. The van der Waals surface area contributed by atoms with E-state index < -0.39 is 0 Å². The molecule has 0 N–H and O–H groups in total. The van der Waals surface area contributed by atoms with Gasteiger partial charge in [0, 0.05) is 42.2 Å². The number of carbonyl (C=O) groups excluding carboxylic acids is 2. The van der Waals surface area contributed by atoms with Gasteiger partial charge in [0.15, 0.2) is 0 Å². The molecule has 0 aliphatic carbocycles. The van der Waals surface area contributed by atoms with Crippen molar-refractivity contribution in [3.8, 4) is 17.0 Å². The fourth-order valence-electron chi connectivity index (χ4n) is 4.35. The van der Waals surface area contributed by atoms with Crippen LogP contribution in [0.4, 0.5) is 4.79 Å². The molecule has 1 saturated heterocycles. The van der Waals surface area contributed by atoms with Crippen LogP contribution in [0.3, 0.4) is 0 Å². The highest BCUT2D eigenvalue weighted by Crippen LogP contribution is 2.34. The van der Waals surface area contributed by atoms with Crippen LogP contribution in [0.25, 0.3) is 22.2 Å². The quantitative estimate of drug-likeness (QED) is 0.425. The molecule has 0 saturated carbocycles. The Morgan fingerprint density at radius 1 is 1.14 bits per heavy atom. The minimum atomic E-state index is -0.322. The highest BCUT2D eigenvalue weighted by molar-refractivity contribution is 7.59. The van der Waals surface area contributed by atoms with E-state index in [1.54, 1.807) is 29.0 Å². The summed E-state index contributed by atoms with van der Waals surface area (Å²) in [7, 11) is 1.63. The van der Waals surface area contributed by atoms with Crippen molar-refractivity contribution < 1.29 is 19.1 Å². The van der Waals surface area contributed by atoms with E-state index in [1.165, 1.54) is 0 Å². The molecule has 1 aliphatic rings. The zero-order valence-electron chi connectivity index (χ0n) is 21.0. The van der Waals surface area contributed by atoms with Crippen molar-refractivity contribution in [2.24, 2.45) is 0 Å². The lowest BCUT2D eigenvalue weighted by Gasteiger charge is -2.39. The van der Waals surface area contributed by atoms with Gasteiger partial charge in [0.25, 0.3) is 5.91 Å². The second-order valence-corrected chi connectivity index (χ2v) is 9.15. The Hall–Kier alpha value is -2.97. The first kappa shape index (κ1) is 27.6. The number of hydrogen-bond donors (Lipinski definition) is 0. The molecular formula is C27H32ClN3O4S. The molecule has 192 valence electrons. The molecular weight excluding hydrogens is 498 g/mol. The summed E-state index contributed by atoms with van der Waals surface area (Å²) in [6.45, 7) is 7.56. The van der Waals surface area contributed by atoms with Gasteiger partial charge in [-0.15, -0.1) is 0 Å². The number of aromatic nitrogens is 1. The SMILES string of the molecule is CCCOC(=O)N1CCN(C(=O)c2ccc3c(Cl)c(C)c(-c4ccc(OC)cc4)nc3c2)C[C@@H]1C.S. The zero-order chi connectivity index (χ0) is 25.1. The topological polar surface area (TPSA) is 72.0 Å². The summed E-state index contributed by atoms with van der Waals surface area (Å²) in [5.41, 5.74) is 3.77. The third-order valence-electron chi connectivity index (χ3n) is 6.34. The lowest BCUT2D eigenvalue weighted by molar-refractivity contribution is 0.0412. The van der Waals surface area contributed by atoms with E-state index >= 15 is 0 Å². The fraction of sp³-hybridized carbons (Fsp3) is 0.370. The number of rotatable bonds is 5. The maximum atomic E-state index is 13.3. The maximum Gasteiger partial charge on any atom is 0.410 e. The van der Waals surface area contributed by atoms with Crippen molar-refractivity contribution in [3.63, 3.8) is 0 Å². The van der Waals surface area contributed by atoms with E-state index in [0.29, 0.717) is 42.3 Å². The van der Waals surface area contributed by atoms with Gasteiger partial charge >= 0.3 is 6.09 Å². The lowest BCUT2D eigenvalue weighted by atomic mass is 10.0. The highest BCUT2D eigenvalue weighted by atomic mass is 35.5. The molecule has 2 heterocycles. The number of amides is 2. The zero-order valence-corrected chi connectivity index (χ0v) is 22.8. The minimum Gasteiger partial charge on any atom is -0.497 e. The first-order chi connectivity index (χ1) is 16.8. The van der Waals surface area contributed by atoms with Crippen LogP contribution in [-0.2, 0) is 4.74 Å². The van der Waals surface area contributed by atoms with Crippen LogP contribution in [-0.4, -0.2) is 66.2 Å². The molecule has 0 radical (unpaired) electrons. The average molecular weight is 530 g/mol. The summed E-state index contributed by atoms with van der Waals surface area (Å²) in [6.07, 6.45) is 0.454. The molecule has 1 aliphatic heterocycles. The molecule has 0 unspecified atom stereocenters. The van der Waals surface area contributed by atoms with Crippen molar-refractivity contribution in [1.82, 2.24) is 14.8 Å². The third kappa shape index (κ3) is 5.55. The van der Waals surface area contributed by atoms with Crippen molar-refractivity contribution in [2.75, 3.05) is 33.4 Å². The number of carbonyl (C=O) groups is 2. The average Bonchev–Trinajstić information content (AvgIpc) is 2.88. The van der Waals surface area contributed by atoms with Gasteiger partial charge < -0.3 is 19.3 Å². The van der Waals surface area contributed by atoms with Gasteiger partial charge in [-0.1, -0.05) is 24.6 Å². The summed E-state index contributed by atoms with van der Waals surface area (Å²) in [4.78, 5) is 33.9. The Morgan fingerprint density at radius 3 is 2.50 bits per heavy atom. The van der Waals surface area contributed by atoms with Gasteiger partial charge in [-0.3, -0.25) is 4.79 Å². The second-order valence-electron chi connectivity index (χ2n) is 8.77. The van der Waals surface area contributed by atoms with Crippen LogP contribution in [0.5, 0.6) is 5.75 Å². The van der Waals surface area contributed by atoms with Crippen molar-refractivity contribution in [2.45, 2.75) is 33.2 Å². The number of benzene rings is 2. The van der Waals surface area contributed by atoms with Crippen molar-refractivity contribution in [3.05, 3.63) is 58.6 Å².